The van der Waals surface area contributed by atoms with E-state index in [1.807, 2.05) is 24.6 Å². The second-order valence-corrected chi connectivity index (χ2v) is 4.39. The Labute approximate surface area is 111 Å². The van der Waals surface area contributed by atoms with Gasteiger partial charge in [0.1, 0.15) is 5.82 Å². The van der Waals surface area contributed by atoms with Gasteiger partial charge in [-0.05, 0) is 32.0 Å². The van der Waals surface area contributed by atoms with Crippen LogP contribution in [0.1, 0.15) is 21.7 Å². The molecule has 4 nitrogen and oxygen atoms in total. The highest BCUT2D eigenvalue weighted by Crippen LogP contribution is 2.06. The highest BCUT2D eigenvalue weighted by Gasteiger charge is 2.10. The molecule has 0 unspecified atom stereocenters. The number of benzene rings is 1. The van der Waals surface area contributed by atoms with Gasteiger partial charge in [0.2, 0.25) is 0 Å². The van der Waals surface area contributed by atoms with Crippen molar-refractivity contribution in [1.29, 1.82) is 0 Å². The molecule has 1 heterocycles. The second kappa shape index (κ2) is 5.65. The molecule has 0 aliphatic carbocycles. The van der Waals surface area contributed by atoms with Gasteiger partial charge in [0, 0.05) is 12.2 Å². The largest absolute Gasteiger partial charge is 0.350 e. The number of hydrogen-bond acceptors (Lipinski definition) is 2. The Morgan fingerprint density at radius 2 is 2.11 bits per heavy atom. The van der Waals surface area contributed by atoms with Crippen molar-refractivity contribution in [2.45, 2.75) is 20.4 Å². The summed E-state index contributed by atoms with van der Waals surface area (Å²) in [5.74, 6) is -0.911. The van der Waals surface area contributed by atoms with E-state index in [1.165, 1.54) is 12.1 Å². The summed E-state index contributed by atoms with van der Waals surface area (Å²) in [6.45, 7) is 4.86. The first-order chi connectivity index (χ1) is 9.08. The van der Waals surface area contributed by atoms with Crippen LogP contribution in [0.15, 0.2) is 30.3 Å². The molecule has 19 heavy (non-hydrogen) atoms. The van der Waals surface area contributed by atoms with Crippen LogP contribution in [-0.2, 0) is 6.54 Å². The first kappa shape index (κ1) is 13.3. The van der Waals surface area contributed by atoms with E-state index in [0.29, 0.717) is 13.1 Å². The minimum Gasteiger partial charge on any atom is -0.350 e. The number of carbonyl (C=O) groups excluding carboxylic acids is 1. The first-order valence-electron chi connectivity index (χ1n) is 6.11. The molecule has 1 aromatic heterocycles. The van der Waals surface area contributed by atoms with E-state index in [0.717, 1.165) is 11.4 Å². The highest BCUT2D eigenvalue weighted by atomic mass is 19.1. The van der Waals surface area contributed by atoms with Gasteiger partial charge in [-0.25, -0.2) is 4.39 Å². The Morgan fingerprint density at radius 1 is 1.37 bits per heavy atom. The fourth-order valence-corrected chi connectivity index (χ4v) is 1.92. The molecule has 1 N–H and O–H groups in total. The van der Waals surface area contributed by atoms with Crippen LogP contribution in [0.3, 0.4) is 0 Å². The molecule has 0 spiro atoms. The molecule has 0 atom stereocenters. The SMILES string of the molecule is Cc1cc(C)n(CCNC(=O)c2ccccc2F)n1. The number of rotatable bonds is 4. The number of aromatic nitrogens is 2. The van der Waals surface area contributed by atoms with Crippen molar-refractivity contribution in [3.05, 3.63) is 53.1 Å². The molecular weight excluding hydrogens is 245 g/mol. The van der Waals surface area contributed by atoms with Gasteiger partial charge in [-0.3, -0.25) is 9.48 Å². The zero-order valence-corrected chi connectivity index (χ0v) is 11.0. The van der Waals surface area contributed by atoms with Gasteiger partial charge in [0.15, 0.2) is 0 Å². The van der Waals surface area contributed by atoms with Crippen LogP contribution in [0.25, 0.3) is 0 Å². The Bertz CT molecular complexity index is 592. The predicted molar refractivity (Wildman–Crippen MR) is 70.4 cm³/mol. The molecule has 0 radical (unpaired) electrons. The zero-order chi connectivity index (χ0) is 13.8. The Balaban J connectivity index is 1.91. The number of halogens is 1. The fourth-order valence-electron chi connectivity index (χ4n) is 1.92. The fraction of sp³-hybridized carbons (Fsp3) is 0.286. The summed E-state index contributed by atoms with van der Waals surface area (Å²) >= 11 is 0. The lowest BCUT2D eigenvalue weighted by molar-refractivity contribution is 0.0948. The number of amides is 1. The molecule has 0 aliphatic heterocycles. The molecule has 0 fully saturated rings. The summed E-state index contributed by atoms with van der Waals surface area (Å²) in [5, 5.41) is 6.97. The third-order valence-electron chi connectivity index (χ3n) is 2.83. The van der Waals surface area contributed by atoms with Crippen LogP contribution in [-0.4, -0.2) is 22.2 Å². The van der Waals surface area contributed by atoms with E-state index >= 15 is 0 Å². The van der Waals surface area contributed by atoms with Crippen molar-refractivity contribution in [2.24, 2.45) is 0 Å². The molecule has 1 amide bonds. The van der Waals surface area contributed by atoms with Crippen LogP contribution in [0.4, 0.5) is 4.39 Å². The molecule has 0 bridgehead atoms. The lowest BCUT2D eigenvalue weighted by Crippen LogP contribution is -2.28. The zero-order valence-electron chi connectivity index (χ0n) is 11.0. The maximum absolute atomic E-state index is 13.4. The van der Waals surface area contributed by atoms with E-state index in [-0.39, 0.29) is 5.56 Å². The van der Waals surface area contributed by atoms with E-state index in [2.05, 4.69) is 10.4 Å². The average molecular weight is 261 g/mol. The number of hydrogen-bond donors (Lipinski definition) is 1. The normalized spacial score (nSPS) is 10.5. The van der Waals surface area contributed by atoms with Gasteiger partial charge in [-0.2, -0.15) is 5.10 Å². The standard InChI is InChI=1S/C14H16FN3O/c1-10-9-11(2)18(17-10)8-7-16-14(19)12-5-3-4-6-13(12)15/h3-6,9H,7-8H2,1-2H3,(H,16,19). The molecule has 100 valence electrons. The molecular formula is C14H16FN3O. The lowest BCUT2D eigenvalue weighted by atomic mass is 10.2. The van der Waals surface area contributed by atoms with Crippen LogP contribution < -0.4 is 5.32 Å². The molecule has 2 rings (SSSR count). The number of nitrogens with zero attached hydrogens (tertiary/aromatic N) is 2. The van der Waals surface area contributed by atoms with Crippen molar-refractivity contribution in [2.75, 3.05) is 6.54 Å². The Morgan fingerprint density at radius 3 is 2.74 bits per heavy atom. The van der Waals surface area contributed by atoms with Crippen molar-refractivity contribution >= 4 is 5.91 Å². The van der Waals surface area contributed by atoms with Crippen molar-refractivity contribution in [3.63, 3.8) is 0 Å². The van der Waals surface area contributed by atoms with Crippen LogP contribution >= 0.6 is 0 Å². The minimum absolute atomic E-state index is 0.0656. The summed E-state index contributed by atoms with van der Waals surface area (Å²) in [6, 6.07) is 7.91. The molecule has 0 saturated heterocycles. The number of carbonyl (C=O) groups is 1. The Kier molecular flexibility index (Phi) is 3.94. The molecule has 0 saturated carbocycles. The summed E-state index contributed by atoms with van der Waals surface area (Å²) in [5.41, 5.74) is 2.05. The summed E-state index contributed by atoms with van der Waals surface area (Å²) < 4.78 is 15.2. The van der Waals surface area contributed by atoms with E-state index < -0.39 is 11.7 Å². The average Bonchev–Trinajstić information content (AvgIpc) is 2.68. The maximum Gasteiger partial charge on any atom is 0.254 e. The van der Waals surface area contributed by atoms with E-state index in [1.54, 1.807) is 12.1 Å². The second-order valence-electron chi connectivity index (χ2n) is 4.39. The van der Waals surface area contributed by atoms with Crippen molar-refractivity contribution in [3.8, 4) is 0 Å². The summed E-state index contributed by atoms with van der Waals surface area (Å²) in [7, 11) is 0. The van der Waals surface area contributed by atoms with Crippen LogP contribution in [0.5, 0.6) is 0 Å². The number of nitrogens with one attached hydrogen (secondary N) is 1. The highest BCUT2D eigenvalue weighted by molar-refractivity contribution is 5.94. The van der Waals surface area contributed by atoms with Gasteiger partial charge in [-0.15, -0.1) is 0 Å². The lowest BCUT2D eigenvalue weighted by Gasteiger charge is -2.07. The molecule has 0 aliphatic rings. The third kappa shape index (κ3) is 3.19. The predicted octanol–water partition coefficient (Wildman–Crippen LogP) is 2.07. The quantitative estimate of drug-likeness (QED) is 0.915. The van der Waals surface area contributed by atoms with E-state index in [9.17, 15) is 9.18 Å². The van der Waals surface area contributed by atoms with Crippen LogP contribution in [0.2, 0.25) is 0 Å². The van der Waals surface area contributed by atoms with Crippen molar-refractivity contribution < 1.29 is 9.18 Å². The van der Waals surface area contributed by atoms with Gasteiger partial charge in [0.05, 0.1) is 17.8 Å². The van der Waals surface area contributed by atoms with Gasteiger partial charge < -0.3 is 5.32 Å². The first-order valence-corrected chi connectivity index (χ1v) is 6.11. The number of aryl methyl sites for hydroxylation is 2. The van der Waals surface area contributed by atoms with Gasteiger partial charge in [0.25, 0.3) is 5.91 Å². The minimum atomic E-state index is -0.508. The van der Waals surface area contributed by atoms with Gasteiger partial charge in [-0.1, -0.05) is 12.1 Å². The summed E-state index contributed by atoms with van der Waals surface area (Å²) in [4.78, 5) is 11.8. The maximum atomic E-state index is 13.4. The summed E-state index contributed by atoms with van der Waals surface area (Å²) in [6.07, 6.45) is 0. The van der Waals surface area contributed by atoms with Crippen LogP contribution in [0, 0.1) is 19.7 Å². The third-order valence-corrected chi connectivity index (χ3v) is 2.83. The smallest absolute Gasteiger partial charge is 0.254 e. The molecule has 2 aromatic rings. The molecule has 1 aromatic carbocycles. The monoisotopic (exact) mass is 261 g/mol. The van der Waals surface area contributed by atoms with Crippen molar-refractivity contribution in [1.82, 2.24) is 15.1 Å². The van der Waals surface area contributed by atoms with Gasteiger partial charge >= 0.3 is 0 Å². The van der Waals surface area contributed by atoms with E-state index in [4.69, 9.17) is 0 Å². The Hall–Kier alpha value is -2.17. The topological polar surface area (TPSA) is 46.9 Å². The molecule has 5 heteroatoms.